The highest BCUT2D eigenvalue weighted by atomic mass is 31.2. The summed E-state index contributed by atoms with van der Waals surface area (Å²) in [4.78, 5) is 12.4. The number of ether oxygens (including phenoxy) is 1. The smallest absolute Gasteiger partial charge is 0.314 e. The highest BCUT2D eigenvalue weighted by Crippen LogP contribution is 2.64. The third kappa shape index (κ3) is 6.22. The molecule has 1 saturated heterocycles. The van der Waals surface area contributed by atoms with Crippen LogP contribution in [0.25, 0.3) is 0 Å². The summed E-state index contributed by atoms with van der Waals surface area (Å²) in [5, 5.41) is 3.21. The van der Waals surface area contributed by atoms with Crippen LogP contribution in [0.3, 0.4) is 0 Å². The first kappa shape index (κ1) is 28.6. The van der Waals surface area contributed by atoms with Gasteiger partial charge in [-0.25, -0.2) is 5.09 Å². The van der Waals surface area contributed by atoms with E-state index in [0.29, 0.717) is 50.0 Å². The van der Waals surface area contributed by atoms with Crippen molar-refractivity contribution in [1.29, 1.82) is 0 Å². The Morgan fingerprint density at radius 1 is 0.892 bits per heavy atom. The Hall–Kier alpha value is 0.0900. The highest BCUT2D eigenvalue weighted by Gasteiger charge is 2.68. The van der Waals surface area contributed by atoms with Gasteiger partial charge in [-0.3, -0.25) is 4.57 Å². The Bertz CT molecular complexity index is 817. The van der Waals surface area contributed by atoms with Crippen molar-refractivity contribution in [2.45, 2.75) is 128 Å². The van der Waals surface area contributed by atoms with Gasteiger partial charge in [0.25, 0.3) is 7.52 Å². The van der Waals surface area contributed by atoms with Crippen molar-refractivity contribution in [2.24, 2.45) is 23.7 Å². The second kappa shape index (κ2) is 11.9. The Kier molecular flexibility index (Phi) is 9.21. The Morgan fingerprint density at radius 3 is 2.22 bits per heavy atom. The molecule has 0 aromatic rings. The molecule has 0 radical (unpaired) electrons. The van der Waals surface area contributed by atoms with Gasteiger partial charge in [0, 0.05) is 43.8 Å². The van der Waals surface area contributed by atoms with Crippen LogP contribution >= 0.6 is 15.5 Å². The molecule has 0 amide bonds. The lowest BCUT2D eigenvalue weighted by Crippen LogP contribution is -2.59. The van der Waals surface area contributed by atoms with E-state index in [1.165, 1.54) is 6.42 Å². The van der Waals surface area contributed by atoms with Crippen molar-refractivity contribution in [2.75, 3.05) is 18.9 Å². The van der Waals surface area contributed by atoms with Gasteiger partial charge < -0.3 is 9.26 Å². The third-order valence-corrected chi connectivity index (χ3v) is 12.7. The molecule has 10 heteroatoms. The summed E-state index contributed by atoms with van der Waals surface area (Å²) in [6.07, 6.45) is 12.1. The fourth-order valence-corrected chi connectivity index (χ4v) is 11.2. The van der Waals surface area contributed by atoms with E-state index in [4.69, 9.17) is 23.6 Å². The monoisotopic (exact) mass is 560 g/mol. The van der Waals surface area contributed by atoms with Gasteiger partial charge in [-0.15, -0.1) is 4.52 Å². The molecule has 6 fully saturated rings. The lowest BCUT2D eigenvalue weighted by molar-refractivity contribution is -0.391. The van der Waals surface area contributed by atoms with Crippen molar-refractivity contribution in [3.63, 3.8) is 0 Å². The van der Waals surface area contributed by atoms with Gasteiger partial charge in [0.05, 0.1) is 6.10 Å². The van der Waals surface area contributed by atoms with Gasteiger partial charge in [-0.05, 0) is 67.8 Å². The average Bonchev–Trinajstić information content (AvgIpc) is 3.22. The molecule has 6 rings (SSSR count). The van der Waals surface area contributed by atoms with Crippen LogP contribution in [0.15, 0.2) is 0 Å². The van der Waals surface area contributed by atoms with E-state index < -0.39 is 33.2 Å². The molecule has 5 atom stereocenters. The first-order valence-corrected chi connectivity index (χ1v) is 18.2. The molecule has 1 aliphatic heterocycles. The van der Waals surface area contributed by atoms with Crippen LogP contribution in [0.1, 0.15) is 104 Å². The quantitative estimate of drug-likeness (QED) is 0.185. The summed E-state index contributed by atoms with van der Waals surface area (Å²) in [6.45, 7) is 6.89. The molecule has 2 spiro atoms. The number of unbranched alkanes of at least 4 members (excludes halogenated alkanes) is 2. The van der Waals surface area contributed by atoms with E-state index in [2.05, 4.69) is 25.9 Å². The molecule has 0 aromatic heterocycles. The van der Waals surface area contributed by atoms with Crippen molar-refractivity contribution in [3.05, 3.63) is 0 Å². The van der Waals surface area contributed by atoms with Gasteiger partial charge in [0.2, 0.25) is 11.6 Å². The molecule has 1 heterocycles. The maximum absolute atomic E-state index is 13.8. The molecule has 4 bridgehead atoms. The predicted octanol–water partition coefficient (Wildman–Crippen LogP) is 7.30. The van der Waals surface area contributed by atoms with E-state index in [-0.39, 0.29) is 6.10 Å². The van der Waals surface area contributed by atoms with Crippen molar-refractivity contribution < 1.29 is 32.7 Å². The summed E-state index contributed by atoms with van der Waals surface area (Å²) in [5.74, 6) is 0.554. The SMILES string of the molecule is CCCC[P+](=O)OC1CC(OP(=O)(CCCC)NCCC)C[C@@]2(C1)OOC1(O2)C2CC3CC(C2)CC1C3. The molecule has 8 nitrogen and oxygen atoms in total. The van der Waals surface area contributed by atoms with Crippen LogP contribution in [-0.4, -0.2) is 42.7 Å². The summed E-state index contributed by atoms with van der Waals surface area (Å²) in [5.41, 5.74) is 0. The molecule has 4 unspecified atom stereocenters. The maximum Gasteiger partial charge on any atom is 0.508 e. The molecule has 0 aromatic carbocycles. The minimum atomic E-state index is -3.05. The van der Waals surface area contributed by atoms with Crippen LogP contribution < -0.4 is 5.09 Å². The zero-order chi connectivity index (χ0) is 26.1. The van der Waals surface area contributed by atoms with E-state index in [1.807, 2.05) is 0 Å². The fourth-order valence-electron chi connectivity index (χ4n) is 7.72. The molecule has 1 N–H and O–H groups in total. The zero-order valence-electron chi connectivity index (χ0n) is 23.0. The van der Waals surface area contributed by atoms with E-state index >= 15 is 0 Å². The standard InChI is InChI=1S/C27H48NO7P2/c1-4-7-10-36(29)31-24-17-25(32-37(30,11-8-5-2)28-9-6-3)19-26(18-24)33-27(35-34-26)22-13-20-12-21(15-22)16-23(27)14-20/h20-25H,4-19H2,1-3H3,(H,28,30)/q+1/t20?,21?,22?,23?,24?,25?,26-,27?,37?/m1/s1. The lowest BCUT2D eigenvalue weighted by atomic mass is 9.53. The molecule has 5 aliphatic carbocycles. The highest BCUT2D eigenvalue weighted by molar-refractivity contribution is 7.56. The van der Waals surface area contributed by atoms with Crippen LogP contribution in [0.5, 0.6) is 0 Å². The van der Waals surface area contributed by atoms with E-state index in [9.17, 15) is 9.13 Å². The fraction of sp³-hybridized carbons (Fsp3) is 1.00. The van der Waals surface area contributed by atoms with E-state index in [1.54, 1.807) is 0 Å². The summed E-state index contributed by atoms with van der Waals surface area (Å²) in [7, 11) is -4.83. The maximum atomic E-state index is 13.8. The van der Waals surface area contributed by atoms with Gasteiger partial charge in [-0.2, -0.15) is 9.78 Å². The van der Waals surface area contributed by atoms with Crippen molar-refractivity contribution in [3.8, 4) is 0 Å². The number of hydrogen-bond donors (Lipinski definition) is 1. The first-order valence-electron chi connectivity index (χ1n) is 15.0. The van der Waals surface area contributed by atoms with Crippen LogP contribution in [-0.2, 0) is 32.7 Å². The second-order valence-corrected chi connectivity index (χ2v) is 16.0. The Balaban J connectivity index is 1.34. The summed E-state index contributed by atoms with van der Waals surface area (Å²) in [6, 6.07) is 0. The number of nitrogens with one attached hydrogen (secondary N) is 1. The van der Waals surface area contributed by atoms with Crippen molar-refractivity contribution >= 4 is 15.5 Å². The Morgan fingerprint density at radius 2 is 1.57 bits per heavy atom. The lowest BCUT2D eigenvalue weighted by Gasteiger charge is -2.57. The molecule has 37 heavy (non-hydrogen) atoms. The molecular weight excluding hydrogens is 512 g/mol. The van der Waals surface area contributed by atoms with Gasteiger partial charge >= 0.3 is 8.03 Å². The van der Waals surface area contributed by atoms with Crippen molar-refractivity contribution in [1.82, 2.24) is 5.09 Å². The average molecular weight is 561 g/mol. The normalized spacial score (nSPS) is 42.5. The predicted molar refractivity (Wildman–Crippen MR) is 142 cm³/mol. The van der Waals surface area contributed by atoms with Gasteiger partial charge in [0.1, 0.15) is 6.10 Å². The summed E-state index contributed by atoms with van der Waals surface area (Å²) < 4.78 is 46.0. The summed E-state index contributed by atoms with van der Waals surface area (Å²) >= 11 is 0. The molecule has 6 aliphatic rings. The Labute approximate surface area is 223 Å². The van der Waals surface area contributed by atoms with Crippen LogP contribution in [0.4, 0.5) is 0 Å². The van der Waals surface area contributed by atoms with Gasteiger partial charge in [0.15, 0.2) is 6.16 Å². The van der Waals surface area contributed by atoms with Gasteiger partial charge in [-0.1, -0.05) is 33.6 Å². The topological polar surface area (TPSA) is 92.3 Å². The first-order chi connectivity index (χ1) is 17.8. The third-order valence-electron chi connectivity index (χ3n) is 9.24. The number of hydrogen-bond acceptors (Lipinski definition) is 7. The minimum Gasteiger partial charge on any atom is -0.314 e. The van der Waals surface area contributed by atoms with Crippen LogP contribution in [0.2, 0.25) is 0 Å². The molecule has 212 valence electrons. The molecule has 5 saturated carbocycles. The number of rotatable bonds is 13. The van der Waals surface area contributed by atoms with E-state index in [0.717, 1.165) is 69.6 Å². The van der Waals surface area contributed by atoms with Crippen LogP contribution in [0, 0.1) is 23.7 Å². The minimum absolute atomic E-state index is 0.354. The largest absolute Gasteiger partial charge is 0.508 e. The zero-order valence-corrected chi connectivity index (χ0v) is 24.8. The molecular formula is C27H48NO7P2+. The second-order valence-electron chi connectivity index (χ2n) is 12.4.